The van der Waals surface area contributed by atoms with Crippen LogP contribution in [0.4, 0.5) is 0 Å². The van der Waals surface area contributed by atoms with Crippen LogP contribution in [0.5, 0.6) is 0 Å². The van der Waals surface area contributed by atoms with Crippen molar-refractivity contribution < 1.29 is 14.7 Å². The van der Waals surface area contributed by atoms with Crippen molar-refractivity contribution in [3.8, 4) is 0 Å². The summed E-state index contributed by atoms with van der Waals surface area (Å²) in [6.07, 6.45) is 5.33. The zero-order valence-corrected chi connectivity index (χ0v) is 9.52. The molecule has 1 atom stereocenters. The van der Waals surface area contributed by atoms with E-state index in [1.54, 1.807) is 0 Å². The first-order valence-electron chi connectivity index (χ1n) is 6.17. The maximum atomic E-state index is 12.0. The Hall–Kier alpha value is -1.06. The minimum atomic E-state index is -0.747. The number of hydrogen-bond acceptors (Lipinski definition) is 2. The Morgan fingerprint density at radius 3 is 2.50 bits per heavy atom. The number of hydrogen-bond donors (Lipinski definition) is 1. The van der Waals surface area contributed by atoms with Gasteiger partial charge in [-0.3, -0.25) is 9.59 Å². The van der Waals surface area contributed by atoms with Crippen LogP contribution >= 0.6 is 0 Å². The Kier molecular flexibility index (Phi) is 3.46. The molecule has 16 heavy (non-hydrogen) atoms. The summed E-state index contributed by atoms with van der Waals surface area (Å²) >= 11 is 0. The van der Waals surface area contributed by atoms with Crippen molar-refractivity contribution in [3.05, 3.63) is 0 Å². The molecular formula is C12H19NO3. The third-order valence-electron chi connectivity index (χ3n) is 3.75. The first-order chi connectivity index (χ1) is 7.66. The SMILES string of the molecule is O=C(O)CC1CCCN(C(=O)C2CCC2)C1. The average molecular weight is 225 g/mol. The number of carbonyl (C=O) groups is 2. The van der Waals surface area contributed by atoms with Gasteiger partial charge >= 0.3 is 5.97 Å². The predicted octanol–water partition coefficient (Wildman–Crippen LogP) is 1.50. The third kappa shape index (κ3) is 2.54. The van der Waals surface area contributed by atoms with Crippen LogP contribution in [0.2, 0.25) is 0 Å². The smallest absolute Gasteiger partial charge is 0.303 e. The van der Waals surface area contributed by atoms with Gasteiger partial charge in [-0.05, 0) is 31.6 Å². The molecule has 1 unspecified atom stereocenters. The van der Waals surface area contributed by atoms with Gasteiger partial charge in [-0.15, -0.1) is 0 Å². The maximum absolute atomic E-state index is 12.0. The van der Waals surface area contributed by atoms with Gasteiger partial charge in [-0.25, -0.2) is 0 Å². The zero-order chi connectivity index (χ0) is 11.5. The Labute approximate surface area is 95.6 Å². The van der Waals surface area contributed by atoms with Gasteiger partial charge in [-0.2, -0.15) is 0 Å². The van der Waals surface area contributed by atoms with Crippen molar-refractivity contribution in [1.29, 1.82) is 0 Å². The molecule has 90 valence electrons. The van der Waals surface area contributed by atoms with Crippen LogP contribution in [0.25, 0.3) is 0 Å². The summed E-state index contributed by atoms with van der Waals surface area (Å²) in [5.74, 6) is -0.0804. The summed E-state index contributed by atoms with van der Waals surface area (Å²) in [5.41, 5.74) is 0. The van der Waals surface area contributed by atoms with Crippen LogP contribution < -0.4 is 0 Å². The molecule has 0 spiro atoms. The standard InChI is InChI=1S/C12H19NO3/c14-11(15)7-9-3-2-6-13(8-9)12(16)10-4-1-5-10/h9-10H,1-8H2,(H,14,15). The largest absolute Gasteiger partial charge is 0.481 e. The highest BCUT2D eigenvalue weighted by atomic mass is 16.4. The molecule has 0 radical (unpaired) electrons. The first kappa shape index (κ1) is 11.4. The summed E-state index contributed by atoms with van der Waals surface area (Å²) < 4.78 is 0. The number of carboxylic acids is 1. The Morgan fingerprint density at radius 1 is 1.19 bits per heavy atom. The number of carbonyl (C=O) groups excluding carboxylic acids is 1. The van der Waals surface area contributed by atoms with Crippen molar-refractivity contribution in [3.63, 3.8) is 0 Å². The summed E-state index contributed by atoms with van der Waals surface area (Å²) in [5, 5.41) is 8.75. The maximum Gasteiger partial charge on any atom is 0.303 e. The van der Waals surface area contributed by atoms with Gasteiger partial charge in [-0.1, -0.05) is 6.42 Å². The van der Waals surface area contributed by atoms with E-state index in [0.29, 0.717) is 6.54 Å². The van der Waals surface area contributed by atoms with E-state index < -0.39 is 5.97 Å². The summed E-state index contributed by atoms with van der Waals surface area (Å²) in [7, 11) is 0. The lowest BCUT2D eigenvalue weighted by atomic mass is 9.83. The molecule has 0 aromatic carbocycles. The van der Waals surface area contributed by atoms with Crippen LogP contribution in [0.3, 0.4) is 0 Å². The number of likely N-dealkylation sites (tertiary alicyclic amines) is 1. The zero-order valence-electron chi connectivity index (χ0n) is 9.52. The molecule has 1 saturated heterocycles. The predicted molar refractivity (Wildman–Crippen MR) is 58.9 cm³/mol. The Morgan fingerprint density at radius 2 is 1.94 bits per heavy atom. The van der Waals surface area contributed by atoms with Crippen LogP contribution in [-0.2, 0) is 9.59 Å². The number of nitrogens with zero attached hydrogens (tertiary/aromatic N) is 1. The van der Waals surface area contributed by atoms with Crippen molar-refractivity contribution in [2.45, 2.75) is 38.5 Å². The fraction of sp³-hybridized carbons (Fsp3) is 0.833. The van der Waals surface area contributed by atoms with E-state index in [4.69, 9.17) is 5.11 Å². The molecule has 2 rings (SSSR count). The van der Waals surface area contributed by atoms with Crippen LogP contribution in [0.1, 0.15) is 38.5 Å². The summed E-state index contributed by atoms with van der Waals surface area (Å²) in [4.78, 5) is 24.5. The van der Waals surface area contributed by atoms with Gasteiger partial charge in [0.2, 0.25) is 5.91 Å². The highest BCUT2D eigenvalue weighted by Crippen LogP contribution is 2.30. The number of carboxylic acid groups (broad SMARTS) is 1. The second-order valence-corrected chi connectivity index (χ2v) is 5.02. The summed E-state index contributed by atoms with van der Waals surface area (Å²) in [6, 6.07) is 0. The molecule has 2 aliphatic rings. The first-order valence-corrected chi connectivity index (χ1v) is 6.17. The molecule has 2 fully saturated rings. The van der Waals surface area contributed by atoms with Gasteiger partial charge in [0, 0.05) is 25.4 Å². The fourth-order valence-electron chi connectivity index (χ4n) is 2.59. The molecule has 4 heteroatoms. The van der Waals surface area contributed by atoms with E-state index in [9.17, 15) is 9.59 Å². The van der Waals surface area contributed by atoms with Gasteiger partial charge in [0.15, 0.2) is 0 Å². The molecule has 1 amide bonds. The molecule has 1 saturated carbocycles. The van der Waals surface area contributed by atoms with E-state index in [2.05, 4.69) is 0 Å². The van der Waals surface area contributed by atoms with E-state index in [-0.39, 0.29) is 24.2 Å². The molecule has 1 N–H and O–H groups in total. The molecule has 1 aliphatic carbocycles. The van der Waals surface area contributed by atoms with E-state index in [1.165, 1.54) is 6.42 Å². The normalized spacial score (nSPS) is 26.2. The van der Waals surface area contributed by atoms with Crippen LogP contribution in [0, 0.1) is 11.8 Å². The summed E-state index contributed by atoms with van der Waals surface area (Å²) in [6.45, 7) is 1.48. The molecule has 1 heterocycles. The molecular weight excluding hydrogens is 206 g/mol. The quantitative estimate of drug-likeness (QED) is 0.791. The van der Waals surface area contributed by atoms with Gasteiger partial charge < -0.3 is 10.0 Å². The molecule has 1 aliphatic heterocycles. The van der Waals surface area contributed by atoms with E-state index in [0.717, 1.165) is 32.2 Å². The lowest BCUT2D eigenvalue weighted by molar-refractivity contribution is -0.143. The van der Waals surface area contributed by atoms with Crippen molar-refractivity contribution in [1.82, 2.24) is 4.90 Å². The number of rotatable bonds is 3. The monoisotopic (exact) mass is 225 g/mol. The minimum Gasteiger partial charge on any atom is -0.481 e. The van der Waals surface area contributed by atoms with Crippen molar-refractivity contribution in [2.75, 3.05) is 13.1 Å². The highest BCUT2D eigenvalue weighted by molar-refractivity contribution is 5.79. The number of piperidine rings is 1. The van der Waals surface area contributed by atoms with Gasteiger partial charge in [0.1, 0.15) is 0 Å². The van der Waals surface area contributed by atoms with E-state index >= 15 is 0 Å². The fourth-order valence-corrected chi connectivity index (χ4v) is 2.59. The second-order valence-electron chi connectivity index (χ2n) is 5.02. The minimum absolute atomic E-state index is 0.162. The lowest BCUT2D eigenvalue weighted by Crippen LogP contribution is -2.44. The molecule has 4 nitrogen and oxygen atoms in total. The molecule has 0 aromatic heterocycles. The second kappa shape index (κ2) is 4.85. The number of amides is 1. The van der Waals surface area contributed by atoms with E-state index in [1.807, 2.05) is 4.90 Å². The van der Waals surface area contributed by atoms with Crippen molar-refractivity contribution >= 4 is 11.9 Å². The Bertz CT molecular complexity index is 286. The topological polar surface area (TPSA) is 57.6 Å². The number of aliphatic carboxylic acids is 1. The highest BCUT2D eigenvalue weighted by Gasteiger charge is 2.32. The lowest BCUT2D eigenvalue weighted by Gasteiger charge is -2.36. The third-order valence-corrected chi connectivity index (χ3v) is 3.75. The van der Waals surface area contributed by atoms with Gasteiger partial charge in [0.05, 0.1) is 0 Å². The average Bonchev–Trinajstić information content (AvgIpc) is 2.14. The van der Waals surface area contributed by atoms with Gasteiger partial charge in [0.25, 0.3) is 0 Å². The molecule has 0 aromatic rings. The van der Waals surface area contributed by atoms with Crippen LogP contribution in [0.15, 0.2) is 0 Å². The van der Waals surface area contributed by atoms with Crippen molar-refractivity contribution in [2.24, 2.45) is 11.8 Å². The Balaban J connectivity index is 1.85. The van der Waals surface area contributed by atoms with Crippen LogP contribution in [-0.4, -0.2) is 35.0 Å². The molecule has 0 bridgehead atoms.